The van der Waals surface area contributed by atoms with E-state index >= 15 is 0 Å². The zero-order chi connectivity index (χ0) is 15.5. The third-order valence-corrected chi connectivity index (χ3v) is 3.93. The Hall–Kier alpha value is -1.80. The van der Waals surface area contributed by atoms with Crippen LogP contribution in [-0.2, 0) is 9.47 Å². The number of rotatable bonds is 3. The van der Waals surface area contributed by atoms with Gasteiger partial charge in [-0.25, -0.2) is 0 Å². The molecule has 2 fully saturated rings. The molecule has 8 nitrogen and oxygen atoms in total. The molecule has 1 aromatic rings. The highest BCUT2D eigenvalue weighted by molar-refractivity contribution is 5.80. The summed E-state index contributed by atoms with van der Waals surface area (Å²) in [4.78, 5) is 15.5. The Kier molecular flexibility index (Phi) is 4.49. The minimum atomic E-state index is 0.314. The summed E-state index contributed by atoms with van der Waals surface area (Å²) in [5, 5.41) is 0. The van der Waals surface area contributed by atoms with Crippen molar-refractivity contribution in [2.24, 2.45) is 0 Å². The van der Waals surface area contributed by atoms with Crippen LogP contribution in [0.25, 0.3) is 0 Å². The van der Waals surface area contributed by atoms with Gasteiger partial charge in [0, 0.05) is 40.3 Å². The fraction of sp³-hybridized carbons (Fsp3) is 0.714. The average molecular weight is 308 g/mol. The Bertz CT molecular complexity index is 473. The summed E-state index contributed by atoms with van der Waals surface area (Å²) >= 11 is 0. The second-order valence-electron chi connectivity index (χ2n) is 5.67. The molecule has 0 radical (unpaired) electrons. The molecule has 8 heteroatoms. The van der Waals surface area contributed by atoms with E-state index in [1.165, 1.54) is 0 Å². The molecule has 2 N–H and O–H groups in total. The van der Waals surface area contributed by atoms with E-state index in [0.717, 1.165) is 43.5 Å². The van der Waals surface area contributed by atoms with Crippen LogP contribution in [0.2, 0.25) is 0 Å². The molecule has 3 rings (SSSR count). The molecule has 0 aromatic carbocycles. The molecule has 0 saturated carbocycles. The van der Waals surface area contributed by atoms with E-state index in [2.05, 4.69) is 24.7 Å². The molecule has 22 heavy (non-hydrogen) atoms. The van der Waals surface area contributed by atoms with Gasteiger partial charge in [-0.2, -0.15) is 9.97 Å². The van der Waals surface area contributed by atoms with Gasteiger partial charge in [0.1, 0.15) is 5.69 Å². The zero-order valence-electron chi connectivity index (χ0n) is 13.3. The first-order chi connectivity index (χ1) is 10.7. The van der Waals surface area contributed by atoms with Crippen LogP contribution < -0.4 is 20.4 Å². The molecule has 0 unspecified atom stereocenters. The second kappa shape index (κ2) is 6.53. The quantitative estimate of drug-likeness (QED) is 0.822. The van der Waals surface area contributed by atoms with Gasteiger partial charge in [0.2, 0.25) is 5.95 Å². The van der Waals surface area contributed by atoms with Crippen molar-refractivity contribution >= 4 is 23.3 Å². The first-order valence-electron chi connectivity index (χ1n) is 7.67. The summed E-state index contributed by atoms with van der Waals surface area (Å²) in [6.45, 7) is 6.13. The Morgan fingerprint density at radius 2 is 1.27 bits per heavy atom. The van der Waals surface area contributed by atoms with Gasteiger partial charge in [-0.3, -0.25) is 0 Å². The number of hydrogen-bond donors (Lipinski definition) is 1. The number of anilines is 4. The Morgan fingerprint density at radius 3 is 1.64 bits per heavy atom. The third-order valence-electron chi connectivity index (χ3n) is 3.93. The van der Waals surface area contributed by atoms with Gasteiger partial charge >= 0.3 is 0 Å². The van der Waals surface area contributed by atoms with Crippen molar-refractivity contribution in [3.8, 4) is 0 Å². The fourth-order valence-corrected chi connectivity index (χ4v) is 2.84. The fourth-order valence-electron chi connectivity index (χ4n) is 2.84. The van der Waals surface area contributed by atoms with E-state index in [1.807, 2.05) is 14.1 Å². The maximum Gasteiger partial charge on any atom is 0.224 e. The van der Waals surface area contributed by atoms with Crippen LogP contribution in [0.5, 0.6) is 0 Å². The monoisotopic (exact) mass is 308 g/mol. The molecular formula is C14H24N6O2. The normalized spacial score (nSPS) is 19.4. The summed E-state index contributed by atoms with van der Waals surface area (Å²) in [5.74, 6) is 2.10. The van der Waals surface area contributed by atoms with Crippen LogP contribution in [-0.4, -0.2) is 76.7 Å². The molecule has 0 spiro atoms. The minimum Gasteiger partial charge on any atom is -0.378 e. The smallest absolute Gasteiger partial charge is 0.224 e. The lowest BCUT2D eigenvalue weighted by Crippen LogP contribution is -2.40. The van der Waals surface area contributed by atoms with Gasteiger partial charge < -0.3 is 29.9 Å². The number of morpholine rings is 2. The number of nitrogens with two attached hydrogens (primary N) is 1. The number of ether oxygens (including phenoxy) is 2. The molecule has 1 aromatic heterocycles. The Balaban J connectivity index is 2.02. The summed E-state index contributed by atoms with van der Waals surface area (Å²) in [6.07, 6.45) is 0. The van der Waals surface area contributed by atoms with Crippen LogP contribution in [0.3, 0.4) is 0 Å². The van der Waals surface area contributed by atoms with Gasteiger partial charge in [-0.05, 0) is 0 Å². The third kappa shape index (κ3) is 3.02. The first-order valence-corrected chi connectivity index (χ1v) is 7.67. The first kappa shape index (κ1) is 15.1. The van der Waals surface area contributed by atoms with Crippen LogP contribution in [0.4, 0.5) is 23.3 Å². The predicted molar refractivity (Wildman–Crippen MR) is 86.8 cm³/mol. The van der Waals surface area contributed by atoms with Crippen molar-refractivity contribution in [2.45, 2.75) is 0 Å². The summed E-state index contributed by atoms with van der Waals surface area (Å²) in [6, 6.07) is 0. The van der Waals surface area contributed by atoms with Gasteiger partial charge in [0.15, 0.2) is 11.6 Å². The average Bonchev–Trinajstić information content (AvgIpc) is 2.55. The van der Waals surface area contributed by atoms with Crippen LogP contribution in [0.15, 0.2) is 0 Å². The lowest BCUT2D eigenvalue weighted by Gasteiger charge is -2.35. The SMILES string of the molecule is CN(C)c1c(N2CCOCC2)nc(N)nc1N1CCOCC1. The Morgan fingerprint density at radius 1 is 0.864 bits per heavy atom. The van der Waals surface area contributed by atoms with Crippen molar-refractivity contribution in [1.29, 1.82) is 0 Å². The van der Waals surface area contributed by atoms with Crippen molar-refractivity contribution in [3.63, 3.8) is 0 Å². The number of nitrogens with zero attached hydrogens (tertiary/aromatic N) is 5. The molecule has 0 aliphatic carbocycles. The molecule has 3 heterocycles. The topological polar surface area (TPSA) is 80.0 Å². The molecule has 0 bridgehead atoms. The van der Waals surface area contributed by atoms with Gasteiger partial charge in [-0.15, -0.1) is 0 Å². The van der Waals surface area contributed by atoms with Crippen molar-refractivity contribution in [1.82, 2.24) is 9.97 Å². The second-order valence-corrected chi connectivity index (χ2v) is 5.67. The van der Waals surface area contributed by atoms with Crippen LogP contribution >= 0.6 is 0 Å². The predicted octanol–water partition coefficient (Wildman–Crippen LogP) is -0.202. The summed E-state index contributed by atoms with van der Waals surface area (Å²) in [5.41, 5.74) is 7.00. The van der Waals surface area contributed by atoms with Crippen LogP contribution in [0, 0.1) is 0 Å². The molecule has 0 atom stereocenters. The van der Waals surface area contributed by atoms with Crippen molar-refractivity contribution in [2.75, 3.05) is 87.1 Å². The summed E-state index contributed by atoms with van der Waals surface area (Å²) in [7, 11) is 4.03. The molecular weight excluding hydrogens is 284 g/mol. The molecule has 122 valence electrons. The highest BCUT2D eigenvalue weighted by Crippen LogP contribution is 2.36. The van der Waals surface area contributed by atoms with Crippen molar-refractivity contribution in [3.05, 3.63) is 0 Å². The largest absolute Gasteiger partial charge is 0.378 e. The molecule has 0 amide bonds. The van der Waals surface area contributed by atoms with E-state index in [-0.39, 0.29) is 0 Å². The standard InChI is InChI=1S/C14H24N6O2/c1-18(2)11-12(19-3-7-21-8-4-19)16-14(15)17-13(11)20-5-9-22-10-6-20/h3-10H2,1-2H3,(H2,15,16,17). The maximum atomic E-state index is 5.99. The zero-order valence-corrected chi connectivity index (χ0v) is 13.3. The van der Waals surface area contributed by atoms with E-state index in [4.69, 9.17) is 15.2 Å². The van der Waals surface area contributed by atoms with E-state index < -0.39 is 0 Å². The van der Waals surface area contributed by atoms with Crippen molar-refractivity contribution < 1.29 is 9.47 Å². The number of aromatic nitrogens is 2. The number of hydrogen-bond acceptors (Lipinski definition) is 8. The molecule has 2 saturated heterocycles. The highest BCUT2D eigenvalue weighted by atomic mass is 16.5. The van der Waals surface area contributed by atoms with Gasteiger partial charge in [0.05, 0.1) is 26.4 Å². The van der Waals surface area contributed by atoms with Gasteiger partial charge in [0.25, 0.3) is 0 Å². The van der Waals surface area contributed by atoms with Crippen LogP contribution in [0.1, 0.15) is 0 Å². The van der Waals surface area contributed by atoms with Gasteiger partial charge in [-0.1, -0.05) is 0 Å². The number of nitrogen functional groups attached to an aromatic ring is 1. The maximum absolute atomic E-state index is 5.99. The van der Waals surface area contributed by atoms with E-state index in [0.29, 0.717) is 32.4 Å². The lowest BCUT2D eigenvalue weighted by molar-refractivity contribution is 0.122. The van der Waals surface area contributed by atoms with E-state index in [1.54, 1.807) is 0 Å². The molecule has 2 aliphatic heterocycles. The summed E-state index contributed by atoms with van der Waals surface area (Å²) < 4.78 is 10.9. The Labute approximate surface area is 130 Å². The van der Waals surface area contributed by atoms with E-state index in [9.17, 15) is 0 Å². The molecule has 2 aliphatic rings. The highest BCUT2D eigenvalue weighted by Gasteiger charge is 2.26. The minimum absolute atomic E-state index is 0.314. The lowest BCUT2D eigenvalue weighted by atomic mass is 10.3.